The van der Waals surface area contributed by atoms with E-state index < -0.39 is 5.97 Å². The molecule has 94 valence electrons. The highest BCUT2D eigenvalue weighted by Gasteiger charge is 2.20. The van der Waals surface area contributed by atoms with Gasteiger partial charge in [-0.3, -0.25) is 0 Å². The van der Waals surface area contributed by atoms with Crippen molar-refractivity contribution in [2.45, 2.75) is 13.8 Å². The Morgan fingerprint density at radius 3 is 2.29 bits per heavy atom. The normalized spacial score (nSPS) is 9.82. The number of rotatable bonds is 6. The summed E-state index contributed by atoms with van der Waals surface area (Å²) < 4.78 is 15.8. The van der Waals surface area contributed by atoms with E-state index in [1.54, 1.807) is 13.0 Å². The molecule has 1 N–H and O–H groups in total. The van der Waals surface area contributed by atoms with Crippen molar-refractivity contribution in [2.75, 3.05) is 20.3 Å². The fourth-order valence-corrected chi connectivity index (χ4v) is 1.46. The molecule has 0 amide bonds. The van der Waals surface area contributed by atoms with Crippen LogP contribution in [0.1, 0.15) is 24.2 Å². The molecule has 1 aromatic carbocycles. The fourth-order valence-electron chi connectivity index (χ4n) is 1.46. The Balaban J connectivity index is 3.32. The number of benzene rings is 1. The highest BCUT2D eigenvalue weighted by atomic mass is 16.5. The van der Waals surface area contributed by atoms with E-state index in [9.17, 15) is 4.79 Å². The number of carboxylic acid groups (broad SMARTS) is 1. The summed E-state index contributed by atoms with van der Waals surface area (Å²) in [6.45, 7) is 4.43. The largest absolute Gasteiger partial charge is 0.490 e. The van der Waals surface area contributed by atoms with Gasteiger partial charge in [-0.15, -0.1) is 0 Å². The van der Waals surface area contributed by atoms with Gasteiger partial charge >= 0.3 is 5.97 Å². The summed E-state index contributed by atoms with van der Waals surface area (Å²) in [5.41, 5.74) is 0.0622. The lowest BCUT2D eigenvalue weighted by atomic mass is 10.1. The van der Waals surface area contributed by atoms with Crippen molar-refractivity contribution in [3.8, 4) is 17.2 Å². The molecule has 5 nitrogen and oxygen atoms in total. The molecule has 0 saturated heterocycles. The molecule has 1 rings (SSSR count). The van der Waals surface area contributed by atoms with Crippen LogP contribution in [0.4, 0.5) is 0 Å². The van der Waals surface area contributed by atoms with E-state index in [0.29, 0.717) is 24.7 Å². The molecule has 0 atom stereocenters. The average Bonchev–Trinajstić information content (AvgIpc) is 2.30. The molecule has 0 heterocycles. The summed E-state index contributed by atoms with van der Waals surface area (Å²) in [7, 11) is 1.45. The zero-order valence-electron chi connectivity index (χ0n) is 10.1. The molecule has 0 spiro atoms. The summed E-state index contributed by atoms with van der Waals surface area (Å²) in [5, 5.41) is 9.06. The number of methoxy groups -OCH3 is 1. The molecule has 0 aliphatic rings. The minimum Gasteiger partial charge on any atom is -0.490 e. The van der Waals surface area contributed by atoms with Crippen LogP contribution in [0.3, 0.4) is 0 Å². The van der Waals surface area contributed by atoms with Crippen LogP contribution >= 0.6 is 0 Å². The first-order chi connectivity index (χ1) is 8.15. The average molecular weight is 240 g/mol. The SMILES string of the molecule is CCOc1ccc(C(=O)O)c(OCC)c1OC. The minimum absolute atomic E-state index is 0.0622. The molecule has 0 radical (unpaired) electrons. The van der Waals surface area contributed by atoms with Crippen molar-refractivity contribution < 1.29 is 24.1 Å². The Kier molecular flexibility index (Phi) is 4.63. The van der Waals surface area contributed by atoms with Crippen molar-refractivity contribution in [3.63, 3.8) is 0 Å². The summed E-state index contributed by atoms with van der Waals surface area (Å²) in [6.07, 6.45) is 0. The van der Waals surface area contributed by atoms with Gasteiger partial charge in [0.25, 0.3) is 0 Å². The van der Waals surface area contributed by atoms with Crippen LogP contribution in [0.25, 0.3) is 0 Å². The molecule has 17 heavy (non-hydrogen) atoms. The van der Waals surface area contributed by atoms with Gasteiger partial charge in [-0.2, -0.15) is 0 Å². The standard InChI is InChI=1S/C12H16O5/c1-4-16-9-7-6-8(12(13)14)10(17-5-2)11(9)15-3/h6-7H,4-5H2,1-3H3,(H,13,14). The van der Waals surface area contributed by atoms with Gasteiger partial charge in [0, 0.05) is 0 Å². The van der Waals surface area contributed by atoms with Crippen LogP contribution in [0.15, 0.2) is 12.1 Å². The number of carboxylic acids is 1. The monoisotopic (exact) mass is 240 g/mol. The second-order valence-electron chi connectivity index (χ2n) is 3.14. The Morgan fingerprint density at radius 1 is 1.18 bits per heavy atom. The second-order valence-corrected chi connectivity index (χ2v) is 3.14. The highest BCUT2D eigenvalue weighted by molar-refractivity contribution is 5.92. The minimum atomic E-state index is -1.06. The smallest absolute Gasteiger partial charge is 0.339 e. The third-order valence-electron chi connectivity index (χ3n) is 2.10. The fraction of sp³-hybridized carbons (Fsp3) is 0.417. The van der Waals surface area contributed by atoms with E-state index >= 15 is 0 Å². The summed E-state index contributed by atoms with van der Waals surface area (Å²) in [5.74, 6) is -0.0692. The number of ether oxygens (including phenoxy) is 3. The van der Waals surface area contributed by atoms with E-state index in [2.05, 4.69) is 0 Å². The maximum atomic E-state index is 11.1. The van der Waals surface area contributed by atoms with E-state index in [1.165, 1.54) is 13.2 Å². The van der Waals surface area contributed by atoms with Gasteiger partial charge in [0.2, 0.25) is 5.75 Å². The van der Waals surface area contributed by atoms with Crippen molar-refractivity contribution in [2.24, 2.45) is 0 Å². The van der Waals surface area contributed by atoms with Crippen LogP contribution in [-0.2, 0) is 0 Å². The van der Waals surface area contributed by atoms with Crippen LogP contribution in [0.2, 0.25) is 0 Å². The molecule has 5 heteroatoms. The van der Waals surface area contributed by atoms with Gasteiger partial charge in [0.05, 0.1) is 20.3 Å². The molecule has 0 unspecified atom stereocenters. The van der Waals surface area contributed by atoms with Crippen LogP contribution in [-0.4, -0.2) is 31.4 Å². The van der Waals surface area contributed by atoms with Crippen LogP contribution in [0, 0.1) is 0 Å². The number of carbonyl (C=O) groups is 1. The first-order valence-corrected chi connectivity index (χ1v) is 5.35. The molecular weight excluding hydrogens is 224 g/mol. The van der Waals surface area contributed by atoms with Crippen LogP contribution in [0.5, 0.6) is 17.2 Å². The lowest BCUT2D eigenvalue weighted by Gasteiger charge is -2.15. The van der Waals surface area contributed by atoms with Crippen molar-refractivity contribution in [1.82, 2.24) is 0 Å². The number of hydrogen-bond acceptors (Lipinski definition) is 4. The topological polar surface area (TPSA) is 65.0 Å². The molecular formula is C12H16O5. The Bertz CT molecular complexity index is 400. The first kappa shape index (κ1) is 13.2. The predicted octanol–water partition coefficient (Wildman–Crippen LogP) is 2.19. The van der Waals surface area contributed by atoms with Crippen molar-refractivity contribution in [3.05, 3.63) is 17.7 Å². The maximum absolute atomic E-state index is 11.1. The molecule has 0 saturated carbocycles. The lowest BCUT2D eigenvalue weighted by Crippen LogP contribution is -2.06. The molecule has 0 bridgehead atoms. The van der Waals surface area contributed by atoms with Gasteiger partial charge in [-0.1, -0.05) is 0 Å². The van der Waals surface area contributed by atoms with E-state index in [1.807, 2.05) is 6.92 Å². The predicted molar refractivity (Wildman–Crippen MR) is 62.3 cm³/mol. The first-order valence-electron chi connectivity index (χ1n) is 5.35. The third-order valence-corrected chi connectivity index (χ3v) is 2.10. The van der Waals surface area contributed by atoms with E-state index in [4.69, 9.17) is 19.3 Å². The quantitative estimate of drug-likeness (QED) is 0.825. The molecule has 1 aromatic rings. The van der Waals surface area contributed by atoms with Gasteiger partial charge in [-0.25, -0.2) is 4.79 Å². The number of aromatic carboxylic acids is 1. The molecule has 0 fully saturated rings. The lowest BCUT2D eigenvalue weighted by molar-refractivity contribution is 0.0691. The Hall–Kier alpha value is -1.91. The zero-order valence-corrected chi connectivity index (χ0v) is 10.1. The van der Waals surface area contributed by atoms with E-state index in [-0.39, 0.29) is 11.3 Å². The Morgan fingerprint density at radius 2 is 1.82 bits per heavy atom. The highest BCUT2D eigenvalue weighted by Crippen LogP contribution is 2.40. The molecule has 0 aliphatic carbocycles. The zero-order chi connectivity index (χ0) is 12.8. The van der Waals surface area contributed by atoms with Crippen LogP contribution < -0.4 is 14.2 Å². The van der Waals surface area contributed by atoms with Gasteiger partial charge in [-0.05, 0) is 26.0 Å². The van der Waals surface area contributed by atoms with Crippen molar-refractivity contribution in [1.29, 1.82) is 0 Å². The van der Waals surface area contributed by atoms with Gasteiger partial charge in [0.15, 0.2) is 11.5 Å². The summed E-state index contributed by atoms with van der Waals surface area (Å²) >= 11 is 0. The van der Waals surface area contributed by atoms with Gasteiger partial charge in [0.1, 0.15) is 5.56 Å². The third kappa shape index (κ3) is 2.81. The summed E-state index contributed by atoms with van der Waals surface area (Å²) in [6, 6.07) is 3.01. The second kappa shape index (κ2) is 5.98. The van der Waals surface area contributed by atoms with E-state index in [0.717, 1.165) is 0 Å². The number of hydrogen-bond donors (Lipinski definition) is 1. The van der Waals surface area contributed by atoms with Crippen molar-refractivity contribution >= 4 is 5.97 Å². The van der Waals surface area contributed by atoms with Gasteiger partial charge < -0.3 is 19.3 Å². The molecule has 0 aromatic heterocycles. The molecule has 0 aliphatic heterocycles. The summed E-state index contributed by atoms with van der Waals surface area (Å²) in [4.78, 5) is 11.1. The Labute approximate surface area is 99.9 Å². The maximum Gasteiger partial charge on any atom is 0.339 e.